The SMILES string of the molecule is CC(C)CC(CN(C)C)NC(=O)Cc1c[nH]c2ccccc12. The second-order valence-electron chi connectivity index (χ2n) is 6.69. The molecule has 1 amide bonds. The lowest BCUT2D eigenvalue weighted by molar-refractivity contribution is -0.121. The lowest BCUT2D eigenvalue weighted by Crippen LogP contribution is -2.43. The number of H-pyrrole nitrogens is 1. The van der Waals surface area contributed by atoms with E-state index in [9.17, 15) is 4.79 Å². The van der Waals surface area contributed by atoms with E-state index < -0.39 is 0 Å². The van der Waals surface area contributed by atoms with Crippen LogP contribution in [0.15, 0.2) is 30.5 Å². The molecule has 0 aliphatic rings. The van der Waals surface area contributed by atoms with Crippen LogP contribution in [0.5, 0.6) is 0 Å². The summed E-state index contributed by atoms with van der Waals surface area (Å²) in [6, 6.07) is 8.29. The van der Waals surface area contributed by atoms with Crippen molar-refractivity contribution in [3.8, 4) is 0 Å². The van der Waals surface area contributed by atoms with Crippen LogP contribution < -0.4 is 5.32 Å². The summed E-state index contributed by atoms with van der Waals surface area (Å²) in [7, 11) is 4.08. The third kappa shape index (κ3) is 4.60. The second kappa shape index (κ2) is 7.45. The summed E-state index contributed by atoms with van der Waals surface area (Å²) in [6.45, 7) is 5.25. The Morgan fingerprint density at radius 1 is 1.27 bits per heavy atom. The van der Waals surface area contributed by atoms with Crippen LogP contribution in [-0.4, -0.2) is 42.5 Å². The summed E-state index contributed by atoms with van der Waals surface area (Å²) in [5.41, 5.74) is 2.14. The van der Waals surface area contributed by atoms with Crippen molar-refractivity contribution in [1.82, 2.24) is 15.2 Å². The van der Waals surface area contributed by atoms with Gasteiger partial charge in [0.2, 0.25) is 5.91 Å². The molecule has 0 saturated heterocycles. The number of likely N-dealkylation sites (N-methyl/N-ethyl adjacent to an activating group) is 1. The standard InChI is InChI=1S/C18H27N3O/c1-13(2)9-15(12-21(3)4)20-18(22)10-14-11-19-17-8-6-5-7-16(14)17/h5-8,11,13,15,19H,9-10,12H2,1-4H3,(H,20,22). The van der Waals surface area contributed by atoms with Crippen LogP contribution >= 0.6 is 0 Å². The fourth-order valence-corrected chi connectivity index (χ4v) is 2.92. The Hall–Kier alpha value is -1.81. The number of hydrogen-bond acceptors (Lipinski definition) is 2. The number of aromatic amines is 1. The summed E-state index contributed by atoms with van der Waals surface area (Å²) in [5, 5.41) is 4.32. The third-order valence-corrected chi connectivity index (χ3v) is 3.73. The highest BCUT2D eigenvalue weighted by Gasteiger charge is 2.16. The molecule has 4 heteroatoms. The van der Waals surface area contributed by atoms with Crippen molar-refractivity contribution in [2.24, 2.45) is 5.92 Å². The first-order valence-electron chi connectivity index (χ1n) is 7.94. The molecule has 1 heterocycles. The molecular weight excluding hydrogens is 274 g/mol. The Morgan fingerprint density at radius 3 is 2.68 bits per heavy atom. The van der Waals surface area contributed by atoms with E-state index in [1.165, 1.54) is 0 Å². The van der Waals surface area contributed by atoms with E-state index in [0.29, 0.717) is 12.3 Å². The zero-order valence-electron chi connectivity index (χ0n) is 14.0. The minimum absolute atomic E-state index is 0.0947. The number of para-hydroxylation sites is 1. The van der Waals surface area contributed by atoms with E-state index in [1.807, 2.05) is 38.5 Å². The maximum Gasteiger partial charge on any atom is 0.224 e. The number of hydrogen-bond donors (Lipinski definition) is 2. The van der Waals surface area contributed by atoms with Gasteiger partial charge in [-0.1, -0.05) is 32.0 Å². The van der Waals surface area contributed by atoms with Gasteiger partial charge in [0.15, 0.2) is 0 Å². The molecule has 0 fully saturated rings. The highest BCUT2D eigenvalue weighted by atomic mass is 16.1. The first-order chi connectivity index (χ1) is 10.5. The molecule has 22 heavy (non-hydrogen) atoms. The summed E-state index contributed by atoms with van der Waals surface area (Å²) in [5.74, 6) is 0.663. The molecule has 0 bridgehead atoms. The Bertz CT molecular complexity index is 606. The number of nitrogens with one attached hydrogen (secondary N) is 2. The van der Waals surface area contributed by atoms with Gasteiger partial charge in [0.25, 0.3) is 0 Å². The summed E-state index contributed by atoms with van der Waals surface area (Å²) in [4.78, 5) is 17.7. The molecule has 1 aromatic carbocycles. The van der Waals surface area contributed by atoms with E-state index in [2.05, 4.69) is 35.1 Å². The molecule has 4 nitrogen and oxygen atoms in total. The average Bonchev–Trinajstić information content (AvgIpc) is 2.80. The number of benzene rings is 1. The largest absolute Gasteiger partial charge is 0.361 e. The first-order valence-corrected chi connectivity index (χ1v) is 7.94. The normalized spacial score (nSPS) is 13.0. The Kier molecular flexibility index (Phi) is 5.61. The number of carbonyl (C=O) groups excluding carboxylic acids is 1. The van der Waals surface area contributed by atoms with Gasteiger partial charge in [0, 0.05) is 29.7 Å². The molecule has 2 rings (SSSR count). The fraction of sp³-hybridized carbons (Fsp3) is 0.500. The van der Waals surface area contributed by atoms with Gasteiger partial charge in [0.05, 0.1) is 6.42 Å². The van der Waals surface area contributed by atoms with E-state index >= 15 is 0 Å². The molecule has 2 N–H and O–H groups in total. The smallest absolute Gasteiger partial charge is 0.224 e. The zero-order chi connectivity index (χ0) is 16.1. The average molecular weight is 301 g/mol. The zero-order valence-corrected chi connectivity index (χ0v) is 14.0. The van der Waals surface area contributed by atoms with Crippen molar-refractivity contribution in [2.45, 2.75) is 32.7 Å². The topological polar surface area (TPSA) is 48.1 Å². The Balaban J connectivity index is 2.01. The number of fused-ring (bicyclic) bond motifs is 1. The number of rotatable bonds is 7. The molecule has 0 aliphatic carbocycles. The number of aromatic nitrogens is 1. The predicted molar refractivity (Wildman–Crippen MR) is 91.9 cm³/mol. The van der Waals surface area contributed by atoms with Crippen molar-refractivity contribution in [3.05, 3.63) is 36.0 Å². The Labute approximate surface area is 132 Å². The number of amides is 1. The molecule has 0 spiro atoms. The monoisotopic (exact) mass is 301 g/mol. The van der Waals surface area contributed by atoms with Gasteiger partial charge in [-0.25, -0.2) is 0 Å². The summed E-state index contributed by atoms with van der Waals surface area (Å²) in [6.07, 6.45) is 3.36. The van der Waals surface area contributed by atoms with Crippen molar-refractivity contribution in [2.75, 3.05) is 20.6 Å². The van der Waals surface area contributed by atoms with Crippen LogP contribution in [0.4, 0.5) is 0 Å². The van der Waals surface area contributed by atoms with E-state index in [1.54, 1.807) is 0 Å². The minimum Gasteiger partial charge on any atom is -0.361 e. The second-order valence-corrected chi connectivity index (χ2v) is 6.69. The van der Waals surface area contributed by atoms with Crippen molar-refractivity contribution in [3.63, 3.8) is 0 Å². The number of nitrogens with zero attached hydrogens (tertiary/aromatic N) is 1. The van der Waals surface area contributed by atoms with Crippen LogP contribution in [0.3, 0.4) is 0 Å². The quantitative estimate of drug-likeness (QED) is 0.826. The number of carbonyl (C=O) groups is 1. The van der Waals surface area contributed by atoms with Crippen molar-refractivity contribution in [1.29, 1.82) is 0 Å². The highest BCUT2D eigenvalue weighted by Crippen LogP contribution is 2.18. The van der Waals surface area contributed by atoms with E-state index in [-0.39, 0.29) is 11.9 Å². The lowest BCUT2D eigenvalue weighted by atomic mass is 10.0. The van der Waals surface area contributed by atoms with Gasteiger partial charge < -0.3 is 15.2 Å². The van der Waals surface area contributed by atoms with Gasteiger partial charge >= 0.3 is 0 Å². The van der Waals surface area contributed by atoms with Gasteiger partial charge in [-0.3, -0.25) is 4.79 Å². The third-order valence-electron chi connectivity index (χ3n) is 3.73. The van der Waals surface area contributed by atoms with Crippen LogP contribution in [0.25, 0.3) is 10.9 Å². The Morgan fingerprint density at radius 2 is 2.00 bits per heavy atom. The molecule has 1 aromatic heterocycles. The maximum atomic E-state index is 12.4. The van der Waals surface area contributed by atoms with Crippen molar-refractivity contribution < 1.29 is 4.79 Å². The first kappa shape index (κ1) is 16.6. The summed E-state index contributed by atoms with van der Waals surface area (Å²) >= 11 is 0. The molecular formula is C18H27N3O. The van der Waals surface area contributed by atoms with E-state index in [4.69, 9.17) is 0 Å². The molecule has 2 aromatic rings. The fourth-order valence-electron chi connectivity index (χ4n) is 2.92. The summed E-state index contributed by atoms with van der Waals surface area (Å²) < 4.78 is 0. The van der Waals surface area contributed by atoms with Gasteiger partial charge in [-0.05, 0) is 38.1 Å². The predicted octanol–water partition coefficient (Wildman–Crippen LogP) is 2.80. The van der Waals surface area contributed by atoms with E-state index in [0.717, 1.165) is 29.4 Å². The van der Waals surface area contributed by atoms with Gasteiger partial charge in [0.1, 0.15) is 0 Å². The van der Waals surface area contributed by atoms with Gasteiger partial charge in [-0.15, -0.1) is 0 Å². The van der Waals surface area contributed by atoms with Crippen LogP contribution in [0.1, 0.15) is 25.8 Å². The van der Waals surface area contributed by atoms with Gasteiger partial charge in [-0.2, -0.15) is 0 Å². The molecule has 1 atom stereocenters. The minimum atomic E-state index is 0.0947. The highest BCUT2D eigenvalue weighted by molar-refractivity contribution is 5.88. The lowest BCUT2D eigenvalue weighted by Gasteiger charge is -2.24. The van der Waals surface area contributed by atoms with Crippen LogP contribution in [-0.2, 0) is 11.2 Å². The molecule has 0 radical (unpaired) electrons. The molecule has 0 saturated carbocycles. The maximum absolute atomic E-state index is 12.4. The van der Waals surface area contributed by atoms with Crippen LogP contribution in [0.2, 0.25) is 0 Å². The molecule has 0 aliphatic heterocycles. The van der Waals surface area contributed by atoms with Crippen LogP contribution in [0, 0.1) is 5.92 Å². The molecule has 1 unspecified atom stereocenters. The van der Waals surface area contributed by atoms with Crippen molar-refractivity contribution >= 4 is 16.8 Å². The molecule has 120 valence electrons.